The average molecular weight is 346 g/mol. The number of aromatic nitrogens is 1. The van der Waals surface area contributed by atoms with Crippen LogP contribution < -0.4 is 4.74 Å². The monoisotopic (exact) mass is 346 g/mol. The molecule has 0 saturated heterocycles. The van der Waals surface area contributed by atoms with Crippen molar-refractivity contribution in [1.82, 2.24) is 9.88 Å². The number of hydrogen-bond donors (Lipinski definition) is 1. The van der Waals surface area contributed by atoms with Crippen LogP contribution in [0.1, 0.15) is 68.1 Å². The first-order valence-corrected chi connectivity index (χ1v) is 9.17. The maximum absolute atomic E-state index is 12.8. The molecule has 0 spiro atoms. The van der Waals surface area contributed by atoms with E-state index in [2.05, 4.69) is 4.98 Å². The largest absolute Gasteiger partial charge is 0.479 e. The fourth-order valence-electron chi connectivity index (χ4n) is 3.97. The van der Waals surface area contributed by atoms with Crippen LogP contribution in [0, 0.1) is 0 Å². The predicted octanol–water partition coefficient (Wildman–Crippen LogP) is 3.26. The molecule has 0 bridgehead atoms. The summed E-state index contributed by atoms with van der Waals surface area (Å²) in [5.41, 5.74) is -0.707. The topological polar surface area (TPSA) is 79.7 Å². The number of nitrogens with zero attached hydrogens (tertiary/aromatic N) is 2. The van der Waals surface area contributed by atoms with Crippen molar-refractivity contribution in [2.45, 2.75) is 69.4 Å². The standard InChI is InChI=1S/C19H26N2O4/c1-21(19(18(23)24)11-5-2-6-12-19)17(22)14-9-10-16(20-13-14)25-15-7-3-4-8-15/h9-10,13,15H,2-8,11-12H2,1H3,(H,23,24). The lowest BCUT2D eigenvalue weighted by molar-refractivity contribution is -0.151. The van der Waals surface area contributed by atoms with E-state index in [1.807, 2.05) is 0 Å². The van der Waals surface area contributed by atoms with Crippen molar-refractivity contribution in [2.24, 2.45) is 0 Å². The Labute approximate surface area is 148 Å². The quantitative estimate of drug-likeness (QED) is 0.885. The number of aliphatic carboxylic acids is 1. The van der Waals surface area contributed by atoms with Crippen LogP contribution in [0.3, 0.4) is 0 Å². The Morgan fingerprint density at radius 1 is 1.16 bits per heavy atom. The molecular weight excluding hydrogens is 320 g/mol. The molecule has 1 aromatic rings. The number of carboxylic acids is 1. The summed E-state index contributed by atoms with van der Waals surface area (Å²) in [6, 6.07) is 3.38. The summed E-state index contributed by atoms with van der Waals surface area (Å²) in [4.78, 5) is 30.3. The highest BCUT2D eigenvalue weighted by molar-refractivity contribution is 5.97. The van der Waals surface area contributed by atoms with Gasteiger partial charge in [0.25, 0.3) is 5.91 Å². The van der Waals surface area contributed by atoms with Gasteiger partial charge in [-0.25, -0.2) is 9.78 Å². The number of likely N-dealkylation sites (N-methyl/N-ethyl adjacent to an activating group) is 1. The number of carbonyl (C=O) groups is 2. The first-order chi connectivity index (χ1) is 12.0. The fourth-order valence-corrected chi connectivity index (χ4v) is 3.97. The molecule has 2 aliphatic carbocycles. The van der Waals surface area contributed by atoms with E-state index in [-0.39, 0.29) is 12.0 Å². The Morgan fingerprint density at radius 2 is 1.84 bits per heavy atom. The maximum atomic E-state index is 12.8. The Morgan fingerprint density at radius 3 is 2.40 bits per heavy atom. The van der Waals surface area contributed by atoms with Gasteiger partial charge in [0.15, 0.2) is 0 Å². The normalized spacial score (nSPS) is 20.2. The fraction of sp³-hybridized carbons (Fsp3) is 0.632. The van der Waals surface area contributed by atoms with Crippen LogP contribution in [-0.2, 0) is 4.79 Å². The zero-order chi connectivity index (χ0) is 17.9. The van der Waals surface area contributed by atoms with Crippen LogP contribution in [0.15, 0.2) is 18.3 Å². The number of carboxylic acid groups (broad SMARTS) is 1. The van der Waals surface area contributed by atoms with E-state index < -0.39 is 11.5 Å². The van der Waals surface area contributed by atoms with Gasteiger partial charge in [0.2, 0.25) is 5.88 Å². The number of amides is 1. The SMILES string of the molecule is CN(C(=O)c1ccc(OC2CCCC2)nc1)C1(C(=O)O)CCCCC1. The molecule has 6 heteroatoms. The highest BCUT2D eigenvalue weighted by Crippen LogP contribution is 2.34. The summed E-state index contributed by atoms with van der Waals surface area (Å²) < 4.78 is 5.81. The Hall–Kier alpha value is -2.11. The molecule has 2 aliphatic rings. The van der Waals surface area contributed by atoms with Crippen LogP contribution in [0.5, 0.6) is 5.88 Å². The number of pyridine rings is 1. The number of ether oxygens (including phenoxy) is 1. The second-order valence-electron chi connectivity index (χ2n) is 7.17. The average Bonchev–Trinajstić information content (AvgIpc) is 3.14. The lowest BCUT2D eigenvalue weighted by Gasteiger charge is -2.41. The summed E-state index contributed by atoms with van der Waals surface area (Å²) in [6.07, 6.45) is 9.85. The summed E-state index contributed by atoms with van der Waals surface area (Å²) in [6.45, 7) is 0. The molecule has 0 aromatic carbocycles. The third-order valence-electron chi connectivity index (χ3n) is 5.60. The van der Waals surface area contributed by atoms with Crippen LogP contribution in [0.25, 0.3) is 0 Å². The van der Waals surface area contributed by atoms with E-state index in [0.717, 1.165) is 32.1 Å². The molecule has 3 rings (SSSR count). The zero-order valence-electron chi connectivity index (χ0n) is 14.7. The molecule has 1 amide bonds. The number of rotatable bonds is 5. The van der Waals surface area contributed by atoms with Crippen molar-refractivity contribution in [1.29, 1.82) is 0 Å². The lowest BCUT2D eigenvalue weighted by atomic mass is 9.80. The molecule has 136 valence electrons. The summed E-state index contributed by atoms with van der Waals surface area (Å²) in [7, 11) is 1.59. The van der Waals surface area contributed by atoms with E-state index in [4.69, 9.17) is 4.74 Å². The van der Waals surface area contributed by atoms with Crippen LogP contribution in [0.2, 0.25) is 0 Å². The van der Waals surface area contributed by atoms with Gasteiger partial charge in [-0.05, 0) is 44.6 Å². The predicted molar refractivity (Wildman–Crippen MR) is 92.7 cm³/mol. The van der Waals surface area contributed by atoms with Crippen LogP contribution in [0.4, 0.5) is 0 Å². The van der Waals surface area contributed by atoms with Gasteiger partial charge >= 0.3 is 5.97 Å². The van der Waals surface area contributed by atoms with Gasteiger partial charge < -0.3 is 14.7 Å². The van der Waals surface area contributed by atoms with E-state index in [9.17, 15) is 14.7 Å². The summed E-state index contributed by atoms with van der Waals surface area (Å²) in [5.74, 6) is -0.696. The third kappa shape index (κ3) is 3.62. The summed E-state index contributed by atoms with van der Waals surface area (Å²) in [5, 5.41) is 9.73. The van der Waals surface area contributed by atoms with E-state index >= 15 is 0 Å². The molecule has 0 radical (unpaired) electrons. The second kappa shape index (κ2) is 7.42. The maximum Gasteiger partial charge on any atom is 0.329 e. The van der Waals surface area contributed by atoms with Crippen molar-refractivity contribution >= 4 is 11.9 Å². The first kappa shape index (κ1) is 17.7. The van der Waals surface area contributed by atoms with Crippen molar-refractivity contribution in [2.75, 3.05) is 7.05 Å². The molecular formula is C19H26N2O4. The smallest absolute Gasteiger partial charge is 0.329 e. The minimum atomic E-state index is -1.10. The Kier molecular flexibility index (Phi) is 5.25. The summed E-state index contributed by atoms with van der Waals surface area (Å²) >= 11 is 0. The molecule has 0 aliphatic heterocycles. The van der Waals surface area contributed by atoms with Gasteiger partial charge in [-0.2, -0.15) is 0 Å². The van der Waals surface area contributed by atoms with Gasteiger partial charge in [0, 0.05) is 19.3 Å². The van der Waals surface area contributed by atoms with Crippen molar-refractivity contribution in [3.8, 4) is 5.88 Å². The van der Waals surface area contributed by atoms with Gasteiger partial charge in [-0.15, -0.1) is 0 Å². The van der Waals surface area contributed by atoms with E-state index in [0.29, 0.717) is 24.3 Å². The highest BCUT2D eigenvalue weighted by Gasteiger charge is 2.45. The molecule has 0 unspecified atom stereocenters. The minimum absolute atomic E-state index is 0.217. The van der Waals surface area contributed by atoms with Gasteiger partial charge in [-0.3, -0.25) is 4.79 Å². The molecule has 25 heavy (non-hydrogen) atoms. The molecule has 0 atom stereocenters. The molecule has 2 saturated carbocycles. The molecule has 1 aromatic heterocycles. The zero-order valence-corrected chi connectivity index (χ0v) is 14.7. The number of carbonyl (C=O) groups excluding carboxylic acids is 1. The molecule has 6 nitrogen and oxygen atoms in total. The van der Waals surface area contributed by atoms with Crippen molar-refractivity contribution in [3.63, 3.8) is 0 Å². The van der Waals surface area contributed by atoms with E-state index in [1.165, 1.54) is 23.9 Å². The number of hydrogen-bond acceptors (Lipinski definition) is 4. The first-order valence-electron chi connectivity index (χ1n) is 9.17. The van der Waals surface area contributed by atoms with Gasteiger partial charge in [0.1, 0.15) is 11.6 Å². The van der Waals surface area contributed by atoms with Crippen LogP contribution >= 0.6 is 0 Å². The van der Waals surface area contributed by atoms with E-state index in [1.54, 1.807) is 19.2 Å². The Balaban J connectivity index is 1.71. The second-order valence-corrected chi connectivity index (χ2v) is 7.17. The van der Waals surface area contributed by atoms with Gasteiger partial charge in [-0.1, -0.05) is 19.3 Å². The molecule has 1 heterocycles. The van der Waals surface area contributed by atoms with Crippen molar-refractivity contribution in [3.05, 3.63) is 23.9 Å². The highest BCUT2D eigenvalue weighted by atomic mass is 16.5. The van der Waals surface area contributed by atoms with Gasteiger partial charge in [0.05, 0.1) is 5.56 Å². The molecule has 1 N–H and O–H groups in total. The Bertz CT molecular complexity index is 617. The van der Waals surface area contributed by atoms with Crippen molar-refractivity contribution < 1.29 is 19.4 Å². The molecule has 2 fully saturated rings. The van der Waals surface area contributed by atoms with Crippen LogP contribution in [-0.4, -0.2) is 45.6 Å². The lowest BCUT2D eigenvalue weighted by Crippen LogP contribution is -2.56. The third-order valence-corrected chi connectivity index (χ3v) is 5.60. The minimum Gasteiger partial charge on any atom is -0.479 e.